The first-order valence-corrected chi connectivity index (χ1v) is 8.46. The molecule has 0 bridgehead atoms. The summed E-state index contributed by atoms with van der Waals surface area (Å²) in [4.78, 5) is 23.3. The van der Waals surface area contributed by atoms with Crippen LogP contribution in [0.1, 0.15) is 39.1 Å². The van der Waals surface area contributed by atoms with Crippen molar-refractivity contribution in [3.63, 3.8) is 0 Å². The minimum Gasteiger partial charge on any atom is -0.465 e. The lowest BCUT2D eigenvalue weighted by Crippen LogP contribution is -2.17. The number of ether oxygens (including phenoxy) is 2. The van der Waals surface area contributed by atoms with Crippen LogP contribution in [0.2, 0.25) is 0 Å². The molecule has 0 heterocycles. The fraction of sp³-hybridized carbons (Fsp3) is 0.238. The zero-order chi connectivity index (χ0) is 18.6. The minimum atomic E-state index is -0.425. The van der Waals surface area contributed by atoms with Crippen LogP contribution >= 0.6 is 0 Å². The first kappa shape index (κ1) is 19.4. The molecule has 0 saturated carbocycles. The Bertz CT molecular complexity index is 723. The number of benzene rings is 2. The summed E-state index contributed by atoms with van der Waals surface area (Å²) in [7, 11) is 1.32. The molecule has 0 aliphatic carbocycles. The third-order valence-electron chi connectivity index (χ3n) is 3.67. The van der Waals surface area contributed by atoms with Gasteiger partial charge in [0.1, 0.15) is 0 Å². The van der Waals surface area contributed by atoms with Gasteiger partial charge in [-0.25, -0.2) is 4.79 Å². The second-order valence-corrected chi connectivity index (χ2v) is 5.63. The van der Waals surface area contributed by atoms with Gasteiger partial charge in [-0.2, -0.15) is 0 Å². The minimum absolute atomic E-state index is 0.224. The average Bonchev–Trinajstić information content (AvgIpc) is 2.70. The Morgan fingerprint density at radius 2 is 1.69 bits per heavy atom. The number of esters is 1. The predicted octanol–water partition coefficient (Wildman–Crippen LogP) is 3.71. The van der Waals surface area contributed by atoms with Gasteiger partial charge in [-0.3, -0.25) is 4.79 Å². The van der Waals surface area contributed by atoms with Crippen LogP contribution < -0.4 is 5.32 Å². The predicted molar refractivity (Wildman–Crippen MR) is 99.7 cm³/mol. The summed E-state index contributed by atoms with van der Waals surface area (Å²) in [6, 6.07) is 16.3. The number of hydrogen-bond donors (Lipinski definition) is 1. The van der Waals surface area contributed by atoms with Crippen molar-refractivity contribution < 1.29 is 19.1 Å². The number of allylic oxidation sites excluding steroid dienone is 1. The molecule has 0 fully saturated rings. The standard InChI is InChI=1S/C21H23NO4/c1-25-21(24)19-12-10-18(11-13-19)20(23)22-14-6-3-7-15-26-16-17-8-4-2-5-9-17/h2,4-6,8-14H,3,7,15-16H2,1H3,(H,22,23)/b14-6+. The fourth-order valence-electron chi connectivity index (χ4n) is 2.24. The summed E-state index contributed by atoms with van der Waals surface area (Å²) in [6.45, 7) is 1.28. The van der Waals surface area contributed by atoms with Crippen molar-refractivity contribution in [1.82, 2.24) is 5.32 Å². The van der Waals surface area contributed by atoms with E-state index in [4.69, 9.17) is 4.74 Å². The van der Waals surface area contributed by atoms with E-state index in [1.54, 1.807) is 30.5 Å². The molecule has 5 heteroatoms. The van der Waals surface area contributed by atoms with E-state index in [-0.39, 0.29) is 5.91 Å². The molecule has 1 amide bonds. The van der Waals surface area contributed by atoms with Crippen LogP contribution in [0, 0.1) is 0 Å². The van der Waals surface area contributed by atoms with E-state index in [0.29, 0.717) is 24.3 Å². The van der Waals surface area contributed by atoms with E-state index in [9.17, 15) is 9.59 Å². The highest BCUT2D eigenvalue weighted by Gasteiger charge is 2.07. The molecular weight excluding hydrogens is 330 g/mol. The number of hydrogen-bond acceptors (Lipinski definition) is 4. The molecule has 5 nitrogen and oxygen atoms in total. The Labute approximate surface area is 153 Å². The zero-order valence-corrected chi connectivity index (χ0v) is 14.8. The van der Waals surface area contributed by atoms with E-state index in [1.807, 2.05) is 36.4 Å². The molecular formula is C21H23NO4. The van der Waals surface area contributed by atoms with E-state index in [1.165, 1.54) is 7.11 Å². The maximum atomic E-state index is 12.0. The van der Waals surface area contributed by atoms with Crippen LogP contribution in [0.25, 0.3) is 0 Å². The second kappa shape index (κ2) is 10.8. The lowest BCUT2D eigenvalue weighted by atomic mass is 10.1. The van der Waals surface area contributed by atoms with Crippen LogP contribution in [0.3, 0.4) is 0 Å². The topological polar surface area (TPSA) is 64.6 Å². The number of carbonyl (C=O) groups is 2. The third-order valence-corrected chi connectivity index (χ3v) is 3.67. The van der Waals surface area contributed by atoms with Crippen LogP contribution in [-0.2, 0) is 16.1 Å². The van der Waals surface area contributed by atoms with Crippen molar-refractivity contribution in [3.05, 3.63) is 83.6 Å². The summed E-state index contributed by atoms with van der Waals surface area (Å²) in [5, 5.41) is 2.70. The van der Waals surface area contributed by atoms with E-state index < -0.39 is 5.97 Å². The van der Waals surface area contributed by atoms with Gasteiger partial charge in [0, 0.05) is 18.4 Å². The monoisotopic (exact) mass is 353 g/mol. The quantitative estimate of drug-likeness (QED) is 0.551. The summed E-state index contributed by atoms with van der Waals surface area (Å²) < 4.78 is 10.2. The van der Waals surface area contributed by atoms with Gasteiger partial charge in [-0.15, -0.1) is 0 Å². The summed E-state index contributed by atoms with van der Waals surface area (Å²) >= 11 is 0. The van der Waals surface area contributed by atoms with Gasteiger partial charge in [0.05, 0.1) is 19.3 Å². The molecule has 0 aliphatic rings. The maximum Gasteiger partial charge on any atom is 0.337 e. The molecule has 0 aliphatic heterocycles. The molecule has 0 saturated heterocycles. The number of unbranched alkanes of at least 4 members (excludes halogenated alkanes) is 1. The Hall–Kier alpha value is -2.92. The molecule has 136 valence electrons. The molecule has 1 N–H and O–H groups in total. The van der Waals surface area contributed by atoms with Crippen molar-refractivity contribution in [3.8, 4) is 0 Å². The van der Waals surface area contributed by atoms with Crippen LogP contribution in [0.4, 0.5) is 0 Å². The van der Waals surface area contributed by atoms with Gasteiger partial charge in [-0.05, 0) is 42.7 Å². The Balaban J connectivity index is 1.62. The number of carbonyl (C=O) groups excluding carboxylic acids is 2. The zero-order valence-electron chi connectivity index (χ0n) is 14.8. The average molecular weight is 353 g/mol. The largest absolute Gasteiger partial charge is 0.465 e. The number of amides is 1. The smallest absolute Gasteiger partial charge is 0.337 e. The molecule has 0 aromatic heterocycles. The highest BCUT2D eigenvalue weighted by Crippen LogP contribution is 2.06. The van der Waals surface area contributed by atoms with Gasteiger partial charge in [0.25, 0.3) is 5.91 Å². The number of nitrogens with one attached hydrogen (secondary N) is 1. The first-order chi connectivity index (χ1) is 12.7. The second-order valence-electron chi connectivity index (χ2n) is 5.63. The van der Waals surface area contributed by atoms with Gasteiger partial charge < -0.3 is 14.8 Å². The Morgan fingerprint density at radius 1 is 1.00 bits per heavy atom. The summed E-state index contributed by atoms with van der Waals surface area (Å²) in [5.41, 5.74) is 2.05. The van der Waals surface area contributed by atoms with Crippen molar-refractivity contribution in [2.75, 3.05) is 13.7 Å². The molecule has 0 spiro atoms. The normalized spacial score (nSPS) is 10.7. The van der Waals surface area contributed by atoms with Crippen LogP contribution in [0.15, 0.2) is 66.9 Å². The van der Waals surface area contributed by atoms with E-state index in [0.717, 1.165) is 18.4 Å². The Kier molecular flexibility index (Phi) is 8.09. The van der Waals surface area contributed by atoms with E-state index >= 15 is 0 Å². The molecule has 0 atom stereocenters. The van der Waals surface area contributed by atoms with Gasteiger partial charge in [-0.1, -0.05) is 36.4 Å². The number of rotatable bonds is 9. The molecule has 0 radical (unpaired) electrons. The van der Waals surface area contributed by atoms with Crippen molar-refractivity contribution >= 4 is 11.9 Å². The van der Waals surface area contributed by atoms with Crippen molar-refractivity contribution in [1.29, 1.82) is 0 Å². The van der Waals surface area contributed by atoms with Gasteiger partial charge in [0.15, 0.2) is 0 Å². The highest BCUT2D eigenvalue weighted by molar-refractivity contribution is 5.96. The Morgan fingerprint density at radius 3 is 2.38 bits per heavy atom. The maximum absolute atomic E-state index is 12.0. The van der Waals surface area contributed by atoms with E-state index in [2.05, 4.69) is 10.1 Å². The molecule has 2 aromatic carbocycles. The first-order valence-electron chi connectivity index (χ1n) is 8.46. The lowest BCUT2D eigenvalue weighted by molar-refractivity contribution is 0.0600. The molecule has 0 unspecified atom stereocenters. The SMILES string of the molecule is COC(=O)c1ccc(C(=O)N/C=C/CCCOCc2ccccc2)cc1. The van der Waals surface area contributed by atoms with Crippen molar-refractivity contribution in [2.45, 2.75) is 19.4 Å². The van der Waals surface area contributed by atoms with Crippen LogP contribution in [0.5, 0.6) is 0 Å². The fourth-order valence-corrected chi connectivity index (χ4v) is 2.24. The summed E-state index contributed by atoms with van der Waals surface area (Å²) in [6.07, 6.45) is 5.23. The molecule has 26 heavy (non-hydrogen) atoms. The highest BCUT2D eigenvalue weighted by atomic mass is 16.5. The summed E-state index contributed by atoms with van der Waals surface area (Å²) in [5.74, 6) is -0.649. The molecule has 2 rings (SSSR count). The third kappa shape index (κ3) is 6.53. The molecule has 2 aromatic rings. The van der Waals surface area contributed by atoms with Gasteiger partial charge >= 0.3 is 5.97 Å². The van der Waals surface area contributed by atoms with Crippen molar-refractivity contribution in [2.24, 2.45) is 0 Å². The van der Waals surface area contributed by atoms with Gasteiger partial charge in [0.2, 0.25) is 0 Å². The van der Waals surface area contributed by atoms with Crippen LogP contribution in [-0.4, -0.2) is 25.6 Å². The lowest BCUT2D eigenvalue weighted by Gasteiger charge is -2.03. The number of methoxy groups -OCH3 is 1.